The van der Waals surface area contributed by atoms with E-state index in [0.29, 0.717) is 12.2 Å². The standard InChI is InChI=1S/C15H20BrNO4/c1-4-9(2)13(15(19)20)17-14(18)10(3)21-12-7-5-11(16)6-8-12/h5-10,13H,4H2,1-3H3,(H,17,18)(H,19,20)/t9?,10?,13-/m0/s1. The number of hydrogen-bond acceptors (Lipinski definition) is 3. The molecule has 0 radical (unpaired) electrons. The summed E-state index contributed by atoms with van der Waals surface area (Å²) >= 11 is 3.31. The van der Waals surface area contributed by atoms with Gasteiger partial charge in [-0.25, -0.2) is 4.79 Å². The van der Waals surface area contributed by atoms with Crippen LogP contribution in [0, 0.1) is 5.92 Å². The first-order valence-electron chi connectivity index (χ1n) is 6.80. The van der Waals surface area contributed by atoms with Gasteiger partial charge in [0.05, 0.1) is 0 Å². The molecule has 2 unspecified atom stereocenters. The Bertz CT molecular complexity index is 489. The highest BCUT2D eigenvalue weighted by atomic mass is 79.9. The molecule has 1 aromatic carbocycles. The number of hydrogen-bond donors (Lipinski definition) is 2. The van der Waals surface area contributed by atoms with Crippen LogP contribution in [-0.4, -0.2) is 29.1 Å². The van der Waals surface area contributed by atoms with Gasteiger partial charge in [-0.2, -0.15) is 0 Å². The van der Waals surface area contributed by atoms with Crippen LogP contribution in [0.15, 0.2) is 28.7 Å². The van der Waals surface area contributed by atoms with Gasteiger partial charge in [-0.05, 0) is 37.1 Å². The second-order valence-electron chi connectivity index (χ2n) is 4.92. The summed E-state index contributed by atoms with van der Waals surface area (Å²) in [6.45, 7) is 5.26. The Morgan fingerprint density at radius 3 is 2.33 bits per heavy atom. The van der Waals surface area contributed by atoms with E-state index in [1.54, 1.807) is 38.1 Å². The lowest BCUT2D eigenvalue weighted by Gasteiger charge is -2.22. The average molecular weight is 358 g/mol. The first-order valence-corrected chi connectivity index (χ1v) is 7.59. The van der Waals surface area contributed by atoms with Crippen molar-refractivity contribution >= 4 is 27.8 Å². The van der Waals surface area contributed by atoms with Gasteiger partial charge in [-0.15, -0.1) is 0 Å². The Balaban J connectivity index is 2.64. The summed E-state index contributed by atoms with van der Waals surface area (Å²) in [5, 5.41) is 11.7. The average Bonchev–Trinajstić information content (AvgIpc) is 2.45. The van der Waals surface area contributed by atoms with E-state index in [0.717, 1.165) is 4.47 Å². The fraction of sp³-hybridized carbons (Fsp3) is 0.467. The summed E-state index contributed by atoms with van der Waals surface area (Å²) in [6, 6.07) is 6.17. The van der Waals surface area contributed by atoms with E-state index in [1.165, 1.54) is 0 Å². The van der Waals surface area contributed by atoms with E-state index < -0.39 is 24.0 Å². The minimum atomic E-state index is -1.03. The highest BCUT2D eigenvalue weighted by Crippen LogP contribution is 2.17. The van der Waals surface area contributed by atoms with Crippen LogP contribution in [0.3, 0.4) is 0 Å². The third kappa shape index (κ3) is 5.38. The maximum absolute atomic E-state index is 12.0. The SMILES string of the molecule is CCC(C)[C@H](NC(=O)C(C)Oc1ccc(Br)cc1)C(=O)O. The maximum Gasteiger partial charge on any atom is 0.326 e. The van der Waals surface area contributed by atoms with Crippen molar-refractivity contribution in [2.45, 2.75) is 39.3 Å². The van der Waals surface area contributed by atoms with E-state index >= 15 is 0 Å². The van der Waals surface area contributed by atoms with Gasteiger partial charge in [-0.3, -0.25) is 4.79 Å². The molecule has 0 aromatic heterocycles. The molecule has 0 saturated heterocycles. The summed E-state index contributed by atoms with van der Waals surface area (Å²) in [7, 11) is 0. The Labute approximate surface area is 132 Å². The molecular formula is C15H20BrNO4. The number of carboxylic acids is 1. The molecule has 21 heavy (non-hydrogen) atoms. The van der Waals surface area contributed by atoms with E-state index in [2.05, 4.69) is 21.2 Å². The highest BCUT2D eigenvalue weighted by Gasteiger charge is 2.27. The van der Waals surface area contributed by atoms with Crippen molar-refractivity contribution in [1.29, 1.82) is 0 Å². The minimum absolute atomic E-state index is 0.147. The number of rotatable bonds is 7. The quantitative estimate of drug-likeness (QED) is 0.786. The van der Waals surface area contributed by atoms with Crippen LogP contribution in [0.4, 0.5) is 0 Å². The molecule has 0 heterocycles. The number of aliphatic carboxylic acids is 1. The molecule has 0 aliphatic heterocycles. The number of halogens is 1. The molecule has 0 saturated carbocycles. The fourth-order valence-corrected chi connectivity index (χ4v) is 1.99. The largest absolute Gasteiger partial charge is 0.481 e. The maximum atomic E-state index is 12.0. The zero-order chi connectivity index (χ0) is 16.0. The van der Waals surface area contributed by atoms with Crippen molar-refractivity contribution in [2.24, 2.45) is 5.92 Å². The fourth-order valence-electron chi connectivity index (χ4n) is 1.72. The van der Waals surface area contributed by atoms with Crippen LogP contribution in [0.5, 0.6) is 5.75 Å². The van der Waals surface area contributed by atoms with Crippen LogP contribution < -0.4 is 10.1 Å². The molecule has 0 aliphatic carbocycles. The lowest BCUT2D eigenvalue weighted by atomic mass is 9.99. The first kappa shape index (κ1) is 17.5. The van der Waals surface area contributed by atoms with Crippen LogP contribution in [0.25, 0.3) is 0 Å². The molecule has 0 spiro atoms. The molecule has 116 valence electrons. The van der Waals surface area contributed by atoms with E-state index in [1.807, 2.05) is 6.92 Å². The lowest BCUT2D eigenvalue weighted by molar-refractivity contribution is -0.144. The van der Waals surface area contributed by atoms with Gasteiger partial charge in [0.1, 0.15) is 11.8 Å². The third-order valence-electron chi connectivity index (χ3n) is 3.27. The third-order valence-corrected chi connectivity index (χ3v) is 3.80. The number of carbonyl (C=O) groups is 2. The Morgan fingerprint density at radius 2 is 1.86 bits per heavy atom. The van der Waals surface area contributed by atoms with Gasteiger partial charge >= 0.3 is 5.97 Å². The van der Waals surface area contributed by atoms with Gasteiger partial charge < -0.3 is 15.2 Å². The molecule has 5 nitrogen and oxygen atoms in total. The summed E-state index contributed by atoms with van der Waals surface area (Å²) in [5.74, 6) is -1.07. The molecule has 6 heteroatoms. The monoisotopic (exact) mass is 357 g/mol. The molecule has 0 bridgehead atoms. The van der Waals surface area contributed by atoms with Crippen LogP contribution in [-0.2, 0) is 9.59 Å². The molecule has 1 aromatic rings. The van der Waals surface area contributed by atoms with E-state index in [4.69, 9.17) is 9.84 Å². The Hall–Kier alpha value is -1.56. The molecule has 0 fully saturated rings. The van der Waals surface area contributed by atoms with Crippen molar-refractivity contribution in [3.8, 4) is 5.75 Å². The Kier molecular flexibility index (Phi) is 6.68. The minimum Gasteiger partial charge on any atom is -0.481 e. The number of nitrogens with one attached hydrogen (secondary N) is 1. The van der Waals surface area contributed by atoms with Crippen molar-refractivity contribution in [3.63, 3.8) is 0 Å². The molecule has 3 atom stereocenters. The molecular weight excluding hydrogens is 338 g/mol. The highest BCUT2D eigenvalue weighted by molar-refractivity contribution is 9.10. The number of benzene rings is 1. The zero-order valence-corrected chi connectivity index (χ0v) is 13.9. The van der Waals surface area contributed by atoms with Gasteiger partial charge in [0, 0.05) is 4.47 Å². The first-order chi connectivity index (χ1) is 9.85. The second kappa shape index (κ2) is 8.02. The van der Waals surface area contributed by atoms with Gasteiger partial charge in [0.25, 0.3) is 5.91 Å². The molecule has 2 N–H and O–H groups in total. The van der Waals surface area contributed by atoms with Crippen molar-refractivity contribution in [3.05, 3.63) is 28.7 Å². The number of ether oxygens (including phenoxy) is 1. The zero-order valence-electron chi connectivity index (χ0n) is 12.3. The van der Waals surface area contributed by atoms with E-state index in [9.17, 15) is 9.59 Å². The van der Waals surface area contributed by atoms with Crippen LogP contribution in [0.1, 0.15) is 27.2 Å². The predicted molar refractivity (Wildman–Crippen MR) is 83.3 cm³/mol. The van der Waals surface area contributed by atoms with Gasteiger partial charge in [-0.1, -0.05) is 36.2 Å². The van der Waals surface area contributed by atoms with E-state index in [-0.39, 0.29) is 5.92 Å². The number of carboxylic acid groups (broad SMARTS) is 1. The smallest absolute Gasteiger partial charge is 0.326 e. The molecule has 1 rings (SSSR count). The normalized spacial score (nSPS) is 14.9. The predicted octanol–water partition coefficient (Wildman–Crippen LogP) is 2.83. The van der Waals surface area contributed by atoms with Crippen molar-refractivity contribution in [1.82, 2.24) is 5.32 Å². The number of amides is 1. The van der Waals surface area contributed by atoms with Crippen LogP contribution >= 0.6 is 15.9 Å². The summed E-state index contributed by atoms with van der Waals surface area (Å²) in [4.78, 5) is 23.2. The van der Waals surface area contributed by atoms with Crippen molar-refractivity contribution < 1.29 is 19.4 Å². The second-order valence-corrected chi connectivity index (χ2v) is 5.84. The molecule has 0 aliphatic rings. The summed E-state index contributed by atoms with van der Waals surface area (Å²) < 4.78 is 6.41. The number of carbonyl (C=O) groups excluding carboxylic acids is 1. The van der Waals surface area contributed by atoms with Crippen molar-refractivity contribution in [2.75, 3.05) is 0 Å². The van der Waals surface area contributed by atoms with Gasteiger partial charge in [0.2, 0.25) is 0 Å². The van der Waals surface area contributed by atoms with Crippen LogP contribution in [0.2, 0.25) is 0 Å². The Morgan fingerprint density at radius 1 is 1.29 bits per heavy atom. The topological polar surface area (TPSA) is 75.6 Å². The lowest BCUT2D eigenvalue weighted by Crippen LogP contribution is -2.49. The molecule has 1 amide bonds. The summed E-state index contributed by atoms with van der Waals surface area (Å²) in [5.41, 5.74) is 0. The summed E-state index contributed by atoms with van der Waals surface area (Å²) in [6.07, 6.45) is -0.101. The van der Waals surface area contributed by atoms with Gasteiger partial charge in [0.15, 0.2) is 6.10 Å².